The second-order valence-corrected chi connectivity index (χ2v) is 8.05. The summed E-state index contributed by atoms with van der Waals surface area (Å²) in [5, 5.41) is 0.610. The largest absolute Gasteiger partial charge is 0.309 e. The van der Waals surface area contributed by atoms with Gasteiger partial charge >= 0.3 is 0 Å². The van der Waals surface area contributed by atoms with Crippen molar-refractivity contribution in [3.63, 3.8) is 0 Å². The van der Waals surface area contributed by atoms with Crippen LogP contribution in [-0.4, -0.2) is 43.0 Å². The van der Waals surface area contributed by atoms with E-state index in [0.29, 0.717) is 22.8 Å². The van der Waals surface area contributed by atoms with Gasteiger partial charge in [-0.05, 0) is 70.7 Å². The normalized spacial score (nSPS) is 10.9. The van der Waals surface area contributed by atoms with Gasteiger partial charge in [-0.1, -0.05) is 29.0 Å². The fraction of sp³-hybridized carbons (Fsp3) is 0.333. The lowest BCUT2D eigenvalue weighted by molar-refractivity contribution is 0.0985. The molecule has 0 aliphatic carbocycles. The fourth-order valence-corrected chi connectivity index (χ4v) is 4.04. The van der Waals surface area contributed by atoms with Gasteiger partial charge in [0.1, 0.15) is 5.82 Å². The van der Waals surface area contributed by atoms with Crippen molar-refractivity contribution in [3.8, 4) is 0 Å². The average molecular weight is 422 g/mol. The van der Waals surface area contributed by atoms with Gasteiger partial charge in [0.25, 0.3) is 5.91 Å². The minimum atomic E-state index is -0.294. The molecule has 150 valence electrons. The Balaban J connectivity index is 0.00000280. The van der Waals surface area contributed by atoms with Gasteiger partial charge in [0, 0.05) is 12.1 Å². The van der Waals surface area contributed by atoms with E-state index < -0.39 is 0 Å². The van der Waals surface area contributed by atoms with Gasteiger partial charge in [-0.3, -0.25) is 9.69 Å². The lowest BCUT2D eigenvalue weighted by Gasteiger charge is -2.22. The Bertz CT molecular complexity index is 973. The first kappa shape index (κ1) is 22.3. The monoisotopic (exact) mass is 421 g/mol. The van der Waals surface area contributed by atoms with Gasteiger partial charge in [-0.25, -0.2) is 9.37 Å². The molecule has 0 fully saturated rings. The Kier molecular flexibility index (Phi) is 7.52. The Morgan fingerprint density at radius 1 is 1.11 bits per heavy atom. The van der Waals surface area contributed by atoms with Crippen LogP contribution in [0.15, 0.2) is 36.4 Å². The molecule has 1 aromatic heterocycles. The Morgan fingerprint density at radius 3 is 2.54 bits per heavy atom. The van der Waals surface area contributed by atoms with Gasteiger partial charge < -0.3 is 4.90 Å². The van der Waals surface area contributed by atoms with Gasteiger partial charge in [-0.15, -0.1) is 12.4 Å². The molecule has 3 rings (SSSR count). The standard InChI is InChI=1S/C21H24FN3OS.ClH/c1-14-6-8-17(15(2)12-14)20(26)25(11-5-10-24(3)4)21-23-18-9-7-16(22)13-19(18)27-21;/h6-9,12-13H,5,10-11H2,1-4H3;1H. The Labute approximate surface area is 175 Å². The quantitative estimate of drug-likeness (QED) is 0.557. The summed E-state index contributed by atoms with van der Waals surface area (Å²) in [5.74, 6) is -0.358. The fourth-order valence-electron chi connectivity index (χ4n) is 3.03. The number of hydrogen-bond donors (Lipinski definition) is 0. The smallest absolute Gasteiger partial charge is 0.260 e. The summed E-state index contributed by atoms with van der Waals surface area (Å²) in [6.45, 7) is 5.40. The summed E-state index contributed by atoms with van der Waals surface area (Å²) in [4.78, 5) is 21.7. The number of thiazole rings is 1. The second-order valence-electron chi connectivity index (χ2n) is 7.04. The van der Waals surface area contributed by atoms with Crippen molar-refractivity contribution in [2.24, 2.45) is 0 Å². The summed E-state index contributed by atoms with van der Waals surface area (Å²) >= 11 is 1.35. The number of carbonyl (C=O) groups excluding carboxylic acids is 1. The van der Waals surface area contributed by atoms with Crippen molar-refractivity contribution in [2.75, 3.05) is 32.1 Å². The maximum atomic E-state index is 13.5. The third kappa shape index (κ3) is 5.07. The van der Waals surface area contributed by atoms with Crippen LogP contribution in [0, 0.1) is 19.7 Å². The molecule has 28 heavy (non-hydrogen) atoms. The maximum Gasteiger partial charge on any atom is 0.260 e. The number of amides is 1. The molecule has 0 radical (unpaired) electrons. The number of fused-ring (bicyclic) bond motifs is 1. The molecule has 3 aromatic rings. The molecule has 0 aliphatic heterocycles. The number of hydrogen-bond acceptors (Lipinski definition) is 4. The van der Waals surface area contributed by atoms with Crippen molar-refractivity contribution in [3.05, 3.63) is 58.9 Å². The van der Waals surface area contributed by atoms with Crippen molar-refractivity contribution < 1.29 is 9.18 Å². The lowest BCUT2D eigenvalue weighted by Crippen LogP contribution is -2.33. The van der Waals surface area contributed by atoms with Crippen LogP contribution in [0.5, 0.6) is 0 Å². The minimum Gasteiger partial charge on any atom is -0.309 e. The average Bonchev–Trinajstić information content (AvgIpc) is 3.00. The van der Waals surface area contributed by atoms with E-state index in [0.717, 1.165) is 28.8 Å². The maximum absolute atomic E-state index is 13.5. The van der Waals surface area contributed by atoms with E-state index in [2.05, 4.69) is 9.88 Å². The first-order valence-electron chi connectivity index (χ1n) is 8.95. The van der Waals surface area contributed by atoms with Crippen LogP contribution in [0.2, 0.25) is 0 Å². The van der Waals surface area contributed by atoms with Gasteiger partial charge in [0.2, 0.25) is 0 Å². The van der Waals surface area contributed by atoms with E-state index in [9.17, 15) is 9.18 Å². The van der Waals surface area contributed by atoms with Crippen LogP contribution in [-0.2, 0) is 0 Å². The minimum absolute atomic E-state index is 0. The van der Waals surface area contributed by atoms with E-state index in [1.807, 2.05) is 46.1 Å². The molecule has 0 atom stereocenters. The predicted molar refractivity (Wildman–Crippen MR) is 118 cm³/mol. The molecule has 0 saturated carbocycles. The highest BCUT2D eigenvalue weighted by Gasteiger charge is 2.22. The highest BCUT2D eigenvalue weighted by Crippen LogP contribution is 2.31. The third-order valence-electron chi connectivity index (χ3n) is 4.41. The predicted octanol–water partition coefficient (Wildman–Crippen LogP) is 5.07. The van der Waals surface area contributed by atoms with Crippen LogP contribution >= 0.6 is 23.7 Å². The molecule has 0 N–H and O–H groups in total. The number of aryl methyl sites for hydroxylation is 2. The highest BCUT2D eigenvalue weighted by molar-refractivity contribution is 7.22. The lowest BCUT2D eigenvalue weighted by atomic mass is 10.0. The summed E-state index contributed by atoms with van der Waals surface area (Å²) in [5.41, 5.74) is 3.46. The molecule has 7 heteroatoms. The number of carbonyl (C=O) groups is 1. The summed E-state index contributed by atoms with van der Waals surface area (Å²) in [6, 6.07) is 10.4. The van der Waals surface area contributed by atoms with Crippen LogP contribution in [0.4, 0.5) is 9.52 Å². The molecular formula is C21H25ClFN3OS. The molecule has 2 aromatic carbocycles. The molecule has 0 aliphatic rings. The highest BCUT2D eigenvalue weighted by atomic mass is 35.5. The molecular weight excluding hydrogens is 397 g/mol. The van der Waals surface area contributed by atoms with E-state index in [1.165, 1.54) is 23.5 Å². The molecule has 1 amide bonds. The molecule has 4 nitrogen and oxygen atoms in total. The van der Waals surface area contributed by atoms with E-state index in [4.69, 9.17) is 0 Å². The van der Waals surface area contributed by atoms with E-state index in [-0.39, 0.29) is 24.1 Å². The number of aromatic nitrogens is 1. The summed E-state index contributed by atoms with van der Waals surface area (Å²) in [7, 11) is 4.02. The zero-order valence-electron chi connectivity index (χ0n) is 16.5. The van der Waals surface area contributed by atoms with Crippen LogP contribution in [0.1, 0.15) is 27.9 Å². The van der Waals surface area contributed by atoms with Crippen molar-refractivity contribution in [1.29, 1.82) is 0 Å². The first-order chi connectivity index (χ1) is 12.8. The van der Waals surface area contributed by atoms with Gasteiger partial charge in [0.05, 0.1) is 10.2 Å². The Morgan fingerprint density at radius 2 is 1.86 bits per heavy atom. The second kappa shape index (κ2) is 9.45. The Hall–Kier alpha value is -2.02. The van der Waals surface area contributed by atoms with E-state index >= 15 is 0 Å². The van der Waals surface area contributed by atoms with Crippen molar-refractivity contribution >= 4 is 45.0 Å². The molecule has 0 bridgehead atoms. The molecule has 0 unspecified atom stereocenters. The van der Waals surface area contributed by atoms with E-state index in [1.54, 1.807) is 11.0 Å². The molecule has 0 spiro atoms. The molecule has 1 heterocycles. The SMILES string of the molecule is Cc1ccc(C(=O)N(CCCN(C)C)c2nc3ccc(F)cc3s2)c(C)c1.Cl. The number of benzene rings is 2. The van der Waals surface area contributed by atoms with Crippen molar-refractivity contribution in [2.45, 2.75) is 20.3 Å². The summed E-state index contributed by atoms with van der Waals surface area (Å²) in [6.07, 6.45) is 0.827. The number of halogens is 2. The van der Waals surface area contributed by atoms with Crippen molar-refractivity contribution in [1.82, 2.24) is 9.88 Å². The number of nitrogens with zero attached hydrogens (tertiary/aromatic N) is 3. The number of anilines is 1. The molecule has 0 saturated heterocycles. The van der Waals surface area contributed by atoms with Gasteiger partial charge in [-0.2, -0.15) is 0 Å². The third-order valence-corrected chi connectivity index (χ3v) is 5.46. The summed E-state index contributed by atoms with van der Waals surface area (Å²) < 4.78 is 14.3. The topological polar surface area (TPSA) is 36.4 Å². The zero-order valence-corrected chi connectivity index (χ0v) is 18.2. The number of rotatable bonds is 6. The van der Waals surface area contributed by atoms with Crippen LogP contribution in [0.3, 0.4) is 0 Å². The van der Waals surface area contributed by atoms with Gasteiger partial charge in [0.15, 0.2) is 5.13 Å². The first-order valence-corrected chi connectivity index (χ1v) is 9.77. The van der Waals surface area contributed by atoms with Crippen LogP contribution in [0.25, 0.3) is 10.2 Å². The van der Waals surface area contributed by atoms with Crippen LogP contribution < -0.4 is 4.90 Å². The zero-order chi connectivity index (χ0) is 19.6.